The van der Waals surface area contributed by atoms with Crippen LogP contribution < -0.4 is 10.2 Å². The Bertz CT molecular complexity index is 705. The summed E-state index contributed by atoms with van der Waals surface area (Å²) in [5.74, 6) is 0. The lowest BCUT2D eigenvalue weighted by Crippen LogP contribution is -2.33. The molecule has 128 valence electrons. The molecule has 2 rings (SSSR count). The molecule has 2 amide bonds. The van der Waals surface area contributed by atoms with Crippen LogP contribution in [0.4, 0.5) is 16.2 Å². The fraction of sp³-hybridized carbons (Fsp3) is 0.316. The summed E-state index contributed by atoms with van der Waals surface area (Å²) < 4.78 is 0. The van der Waals surface area contributed by atoms with Crippen LogP contribution in [0, 0.1) is 0 Å². The number of urea groups is 1. The van der Waals surface area contributed by atoms with Crippen LogP contribution in [-0.4, -0.2) is 31.6 Å². The molecule has 0 saturated heterocycles. The third kappa shape index (κ3) is 4.42. The van der Waals surface area contributed by atoms with Crippen molar-refractivity contribution in [2.45, 2.75) is 19.9 Å². The predicted octanol–water partition coefficient (Wildman–Crippen LogP) is 5.02. The van der Waals surface area contributed by atoms with Gasteiger partial charge in [0.25, 0.3) is 0 Å². The highest BCUT2D eigenvalue weighted by atomic mass is 35.5. The first kappa shape index (κ1) is 18.1. The van der Waals surface area contributed by atoms with Crippen molar-refractivity contribution >= 4 is 29.0 Å². The van der Waals surface area contributed by atoms with Crippen LogP contribution in [0.1, 0.15) is 25.5 Å². The summed E-state index contributed by atoms with van der Waals surface area (Å²) in [5, 5.41) is 3.62. The van der Waals surface area contributed by atoms with E-state index in [1.807, 2.05) is 62.5 Å². The summed E-state index contributed by atoms with van der Waals surface area (Å²) in [7, 11) is 3.80. The molecule has 2 aromatic rings. The molecule has 0 heterocycles. The summed E-state index contributed by atoms with van der Waals surface area (Å²) in [4.78, 5) is 16.3. The predicted molar refractivity (Wildman–Crippen MR) is 102 cm³/mol. The van der Waals surface area contributed by atoms with Gasteiger partial charge in [-0.2, -0.15) is 0 Å². The Balaban J connectivity index is 2.09. The molecule has 0 spiro atoms. The van der Waals surface area contributed by atoms with Crippen LogP contribution in [0.15, 0.2) is 48.5 Å². The highest BCUT2D eigenvalue weighted by Crippen LogP contribution is 2.23. The number of nitrogens with one attached hydrogen (secondary N) is 1. The number of benzene rings is 2. The van der Waals surface area contributed by atoms with E-state index in [0.717, 1.165) is 23.5 Å². The zero-order chi connectivity index (χ0) is 17.7. The maximum absolute atomic E-state index is 12.5. The van der Waals surface area contributed by atoms with Crippen LogP contribution in [0.3, 0.4) is 0 Å². The topological polar surface area (TPSA) is 35.6 Å². The van der Waals surface area contributed by atoms with E-state index >= 15 is 0 Å². The van der Waals surface area contributed by atoms with Crippen molar-refractivity contribution < 1.29 is 4.79 Å². The van der Waals surface area contributed by atoms with Crippen molar-refractivity contribution in [2.75, 3.05) is 30.9 Å². The average Bonchev–Trinajstić information content (AvgIpc) is 2.59. The van der Waals surface area contributed by atoms with Gasteiger partial charge in [-0.25, -0.2) is 4.79 Å². The molecule has 24 heavy (non-hydrogen) atoms. The normalized spacial score (nSPS) is 11.7. The molecule has 5 heteroatoms. The molecule has 0 aliphatic rings. The van der Waals surface area contributed by atoms with Gasteiger partial charge in [-0.1, -0.05) is 29.8 Å². The molecule has 0 bridgehead atoms. The minimum Gasteiger partial charge on any atom is -0.375 e. The number of hydrogen-bond acceptors (Lipinski definition) is 2. The highest BCUT2D eigenvalue weighted by Gasteiger charge is 2.17. The first-order valence-corrected chi connectivity index (χ1v) is 8.40. The summed E-state index contributed by atoms with van der Waals surface area (Å²) >= 11 is 6.04. The van der Waals surface area contributed by atoms with Gasteiger partial charge in [0.2, 0.25) is 0 Å². The van der Waals surface area contributed by atoms with Crippen molar-refractivity contribution in [3.8, 4) is 0 Å². The minimum absolute atomic E-state index is 0.0785. The molecule has 1 atom stereocenters. The summed E-state index contributed by atoms with van der Waals surface area (Å²) in [6.07, 6.45) is 0. The molecule has 2 aromatic carbocycles. The second-order valence-electron chi connectivity index (χ2n) is 5.84. The zero-order valence-corrected chi connectivity index (χ0v) is 15.3. The number of carbonyl (C=O) groups excluding carboxylic acids is 1. The van der Waals surface area contributed by atoms with Crippen molar-refractivity contribution in [1.29, 1.82) is 0 Å². The van der Waals surface area contributed by atoms with Crippen molar-refractivity contribution in [1.82, 2.24) is 4.90 Å². The van der Waals surface area contributed by atoms with Gasteiger partial charge in [0.05, 0.1) is 6.04 Å². The number of rotatable bonds is 5. The number of carbonyl (C=O) groups is 1. The Kier molecular flexibility index (Phi) is 6.10. The monoisotopic (exact) mass is 345 g/mol. The van der Waals surface area contributed by atoms with Crippen LogP contribution in [-0.2, 0) is 0 Å². The molecular weight excluding hydrogens is 322 g/mol. The van der Waals surface area contributed by atoms with Gasteiger partial charge in [0, 0.05) is 37.0 Å². The number of hydrogen-bond donors (Lipinski definition) is 1. The second kappa shape index (κ2) is 8.06. The summed E-state index contributed by atoms with van der Waals surface area (Å²) in [6, 6.07) is 15.2. The highest BCUT2D eigenvalue weighted by molar-refractivity contribution is 6.30. The van der Waals surface area contributed by atoms with Gasteiger partial charge >= 0.3 is 6.03 Å². The van der Waals surface area contributed by atoms with E-state index in [0.29, 0.717) is 5.02 Å². The van der Waals surface area contributed by atoms with Gasteiger partial charge in [0.1, 0.15) is 0 Å². The molecule has 0 aliphatic carbocycles. The summed E-state index contributed by atoms with van der Waals surface area (Å²) in [5.41, 5.74) is 2.85. The first-order valence-electron chi connectivity index (χ1n) is 8.03. The maximum Gasteiger partial charge on any atom is 0.322 e. The molecule has 4 nitrogen and oxygen atoms in total. The van der Waals surface area contributed by atoms with Crippen molar-refractivity contribution in [3.63, 3.8) is 0 Å². The zero-order valence-electron chi connectivity index (χ0n) is 14.6. The quantitative estimate of drug-likeness (QED) is 0.825. The Morgan fingerprint density at radius 1 is 1.17 bits per heavy atom. The second-order valence-corrected chi connectivity index (χ2v) is 6.27. The van der Waals surface area contributed by atoms with E-state index in [4.69, 9.17) is 11.6 Å². The maximum atomic E-state index is 12.5. The van der Waals surface area contributed by atoms with E-state index in [1.54, 1.807) is 11.9 Å². The lowest BCUT2D eigenvalue weighted by Gasteiger charge is -2.26. The molecule has 0 saturated carbocycles. The lowest BCUT2D eigenvalue weighted by atomic mass is 10.1. The van der Waals surface area contributed by atoms with Gasteiger partial charge < -0.3 is 15.1 Å². The van der Waals surface area contributed by atoms with E-state index in [1.165, 1.54) is 0 Å². The number of nitrogens with zero attached hydrogens (tertiary/aromatic N) is 2. The van der Waals surface area contributed by atoms with Crippen molar-refractivity contribution in [3.05, 3.63) is 59.1 Å². The largest absolute Gasteiger partial charge is 0.375 e. The van der Waals surface area contributed by atoms with Crippen LogP contribution in [0.5, 0.6) is 0 Å². The SMILES string of the molecule is CCN(C)c1cccc(NC(=O)N(C)C(C)c2cccc(Cl)c2)c1. The third-order valence-corrected chi connectivity index (χ3v) is 4.48. The van der Waals surface area contributed by atoms with E-state index in [2.05, 4.69) is 17.1 Å². The van der Waals surface area contributed by atoms with Gasteiger partial charge in [0.15, 0.2) is 0 Å². The molecule has 0 radical (unpaired) electrons. The van der Waals surface area contributed by atoms with Gasteiger partial charge in [-0.3, -0.25) is 0 Å². The lowest BCUT2D eigenvalue weighted by molar-refractivity contribution is 0.208. The Labute approximate surface area is 149 Å². The number of halogens is 1. The van der Waals surface area contributed by atoms with Gasteiger partial charge in [-0.15, -0.1) is 0 Å². The Morgan fingerprint density at radius 3 is 2.54 bits per heavy atom. The number of anilines is 2. The van der Waals surface area contributed by atoms with E-state index in [-0.39, 0.29) is 12.1 Å². The fourth-order valence-electron chi connectivity index (χ4n) is 2.38. The van der Waals surface area contributed by atoms with E-state index < -0.39 is 0 Å². The molecule has 0 fully saturated rings. The molecule has 1 N–H and O–H groups in total. The Hall–Kier alpha value is -2.20. The minimum atomic E-state index is -0.154. The molecular formula is C19H24ClN3O. The van der Waals surface area contributed by atoms with Crippen LogP contribution >= 0.6 is 11.6 Å². The Morgan fingerprint density at radius 2 is 1.88 bits per heavy atom. The molecule has 1 unspecified atom stereocenters. The molecule has 0 aliphatic heterocycles. The summed E-state index contributed by atoms with van der Waals surface area (Å²) in [6.45, 7) is 4.97. The third-order valence-electron chi connectivity index (χ3n) is 4.24. The molecule has 0 aromatic heterocycles. The number of amides is 2. The van der Waals surface area contributed by atoms with E-state index in [9.17, 15) is 4.79 Å². The van der Waals surface area contributed by atoms with Crippen molar-refractivity contribution in [2.24, 2.45) is 0 Å². The fourth-order valence-corrected chi connectivity index (χ4v) is 2.58. The average molecular weight is 346 g/mol. The standard InChI is InChI=1S/C19H24ClN3O/c1-5-22(3)18-11-7-10-17(13-18)21-19(24)23(4)14(2)15-8-6-9-16(20)12-15/h6-14H,5H2,1-4H3,(H,21,24). The van der Waals surface area contributed by atoms with Crippen LogP contribution in [0.25, 0.3) is 0 Å². The first-order chi connectivity index (χ1) is 11.4. The smallest absolute Gasteiger partial charge is 0.322 e. The van der Waals surface area contributed by atoms with Crippen LogP contribution in [0.2, 0.25) is 5.02 Å². The van der Waals surface area contributed by atoms with Gasteiger partial charge in [-0.05, 0) is 49.7 Å².